The summed E-state index contributed by atoms with van der Waals surface area (Å²) in [7, 11) is 0. The van der Waals surface area contributed by atoms with E-state index in [1.165, 1.54) is 46.2 Å². The predicted octanol–water partition coefficient (Wildman–Crippen LogP) is 3.89. The van der Waals surface area contributed by atoms with Crippen LogP contribution in [0.5, 0.6) is 0 Å². The van der Waals surface area contributed by atoms with E-state index in [9.17, 15) is 43.8 Å². The molecular weight excluding hydrogens is 568 g/mol. The van der Waals surface area contributed by atoms with Crippen molar-refractivity contribution in [3.63, 3.8) is 0 Å². The first-order chi connectivity index (χ1) is 21.0. The van der Waals surface area contributed by atoms with Gasteiger partial charge in [0.15, 0.2) is 5.78 Å². The Morgan fingerprint density at radius 3 is 1.23 bits per heavy atom. The third kappa shape index (κ3) is 5.20. The zero-order valence-corrected chi connectivity index (χ0v) is 24.0. The van der Waals surface area contributed by atoms with Gasteiger partial charge in [0.05, 0.1) is 34.1 Å². The number of imide groups is 2. The lowest BCUT2D eigenvalue weighted by Gasteiger charge is -2.28. The molecule has 11 nitrogen and oxygen atoms in total. The second kappa shape index (κ2) is 11.4. The first-order valence-corrected chi connectivity index (χ1v) is 15.0. The van der Waals surface area contributed by atoms with Crippen molar-refractivity contribution >= 4 is 41.4 Å². The molecule has 0 unspecified atom stereocenters. The maximum atomic E-state index is 13.5. The van der Waals surface area contributed by atoms with E-state index in [1.807, 2.05) is 0 Å². The zero-order chi connectivity index (χ0) is 31.3. The van der Waals surface area contributed by atoms with E-state index < -0.39 is 53.2 Å². The average molecular weight is 601 g/mol. The van der Waals surface area contributed by atoms with Crippen molar-refractivity contribution < 1.29 is 43.8 Å². The summed E-state index contributed by atoms with van der Waals surface area (Å²) >= 11 is 0. The van der Waals surface area contributed by atoms with Gasteiger partial charge in [0, 0.05) is 24.2 Å². The van der Waals surface area contributed by atoms with E-state index in [2.05, 4.69) is 0 Å². The minimum Gasteiger partial charge on any atom is -0.481 e. The lowest BCUT2D eigenvalue weighted by molar-refractivity contribution is -0.144. The number of benzene rings is 2. The van der Waals surface area contributed by atoms with Gasteiger partial charge in [-0.2, -0.15) is 0 Å². The smallest absolute Gasteiger partial charge is 0.306 e. The Labute approximate surface area is 252 Å². The SMILES string of the molecule is O=C(c1ccc2c(c1)C(=O)N(CC1CCC(C(=O)O)CC1)C2=O)c1ccc2c(c1)C(=O)N(CC1CCC(C(=O)O)CC1)C2=O. The van der Waals surface area contributed by atoms with Crippen LogP contribution in [0.15, 0.2) is 36.4 Å². The molecule has 2 N–H and O–H groups in total. The molecule has 44 heavy (non-hydrogen) atoms. The Balaban J connectivity index is 1.14. The van der Waals surface area contributed by atoms with Gasteiger partial charge in [-0.25, -0.2) is 0 Å². The number of fused-ring (bicyclic) bond motifs is 2. The second-order valence-electron chi connectivity index (χ2n) is 12.4. The van der Waals surface area contributed by atoms with E-state index in [0.29, 0.717) is 51.4 Å². The predicted molar refractivity (Wildman–Crippen MR) is 153 cm³/mol. The van der Waals surface area contributed by atoms with Crippen LogP contribution in [0.3, 0.4) is 0 Å². The highest BCUT2D eigenvalue weighted by atomic mass is 16.4. The fraction of sp³-hybridized carbons (Fsp3) is 0.424. The molecule has 2 saturated carbocycles. The lowest BCUT2D eigenvalue weighted by atomic mass is 9.82. The Morgan fingerprint density at radius 1 is 0.545 bits per heavy atom. The number of rotatable bonds is 8. The zero-order valence-electron chi connectivity index (χ0n) is 24.0. The Kier molecular flexibility index (Phi) is 7.65. The Hall–Kier alpha value is -4.67. The highest BCUT2D eigenvalue weighted by molar-refractivity contribution is 6.24. The monoisotopic (exact) mass is 600 g/mol. The summed E-state index contributed by atoms with van der Waals surface area (Å²) in [6.45, 7) is 0.390. The maximum Gasteiger partial charge on any atom is 0.306 e. The molecule has 2 aromatic rings. The van der Waals surface area contributed by atoms with Crippen LogP contribution >= 0.6 is 0 Å². The standard InChI is InChI=1S/C33H32N2O9/c36-27(21-9-11-23-25(13-21)30(39)34(28(23)37)15-17-1-5-19(6-2-17)32(41)42)22-10-12-24-26(14-22)31(40)35(29(24)38)16-18-3-7-20(8-4-18)33(43)44/h9-14,17-20H,1-8,15-16H2,(H,41,42)(H,43,44). The first-order valence-electron chi connectivity index (χ1n) is 15.0. The molecule has 4 aliphatic rings. The van der Waals surface area contributed by atoms with E-state index in [-0.39, 0.29) is 58.3 Å². The second-order valence-corrected chi connectivity index (χ2v) is 12.4. The van der Waals surface area contributed by atoms with Gasteiger partial charge in [-0.15, -0.1) is 0 Å². The highest BCUT2D eigenvalue weighted by Crippen LogP contribution is 2.34. The normalized spacial score (nSPS) is 24.8. The minimum atomic E-state index is -0.824. The van der Waals surface area contributed by atoms with Gasteiger partial charge in [-0.3, -0.25) is 43.4 Å². The summed E-state index contributed by atoms with van der Waals surface area (Å²) in [6, 6.07) is 8.61. The van der Waals surface area contributed by atoms with Gasteiger partial charge in [-0.1, -0.05) is 12.1 Å². The quantitative estimate of drug-likeness (QED) is 0.338. The molecule has 11 heteroatoms. The van der Waals surface area contributed by atoms with Crippen molar-refractivity contribution in [2.75, 3.05) is 13.1 Å². The first kappa shape index (κ1) is 29.4. The van der Waals surface area contributed by atoms with Crippen LogP contribution in [-0.2, 0) is 9.59 Å². The fourth-order valence-corrected chi connectivity index (χ4v) is 7.06. The van der Waals surface area contributed by atoms with Gasteiger partial charge in [0.2, 0.25) is 0 Å². The summed E-state index contributed by atoms with van der Waals surface area (Å²) in [5, 5.41) is 18.5. The molecule has 2 fully saturated rings. The molecule has 0 aromatic heterocycles. The molecule has 0 spiro atoms. The molecule has 2 aliphatic heterocycles. The molecule has 2 aliphatic carbocycles. The molecule has 228 valence electrons. The Morgan fingerprint density at radius 2 is 0.886 bits per heavy atom. The summed E-state index contributed by atoms with van der Waals surface area (Å²) < 4.78 is 0. The van der Waals surface area contributed by atoms with Crippen molar-refractivity contribution in [2.45, 2.75) is 51.4 Å². The number of ketones is 1. The highest BCUT2D eigenvalue weighted by Gasteiger charge is 2.40. The van der Waals surface area contributed by atoms with Crippen LogP contribution in [0.2, 0.25) is 0 Å². The number of amides is 4. The van der Waals surface area contributed by atoms with Crippen LogP contribution in [0.4, 0.5) is 0 Å². The molecule has 2 aromatic carbocycles. The number of nitrogens with zero attached hydrogens (tertiary/aromatic N) is 2. The minimum absolute atomic E-state index is 0.0138. The van der Waals surface area contributed by atoms with Gasteiger partial charge in [0.25, 0.3) is 23.6 Å². The molecule has 0 radical (unpaired) electrons. The largest absolute Gasteiger partial charge is 0.481 e. The number of carboxylic acids is 2. The summed E-state index contributed by atoms with van der Waals surface area (Å²) in [5.41, 5.74) is 0.976. The third-order valence-corrected chi connectivity index (χ3v) is 9.74. The van der Waals surface area contributed by atoms with E-state index in [0.717, 1.165) is 0 Å². The number of carboxylic acid groups (broad SMARTS) is 2. The van der Waals surface area contributed by atoms with E-state index in [1.54, 1.807) is 0 Å². The van der Waals surface area contributed by atoms with Crippen LogP contribution in [0.1, 0.15) is 109 Å². The summed E-state index contributed by atoms with van der Waals surface area (Å²) in [4.78, 5) is 90.9. The van der Waals surface area contributed by atoms with Crippen molar-refractivity contribution in [1.82, 2.24) is 9.80 Å². The number of aliphatic carboxylic acids is 2. The third-order valence-electron chi connectivity index (χ3n) is 9.74. The molecule has 2 heterocycles. The van der Waals surface area contributed by atoms with Gasteiger partial charge < -0.3 is 10.2 Å². The topological polar surface area (TPSA) is 166 Å². The van der Waals surface area contributed by atoms with Crippen molar-refractivity contribution in [3.05, 3.63) is 69.8 Å². The Bertz CT molecular complexity index is 1500. The molecule has 6 rings (SSSR count). The maximum absolute atomic E-state index is 13.5. The van der Waals surface area contributed by atoms with Gasteiger partial charge >= 0.3 is 11.9 Å². The van der Waals surface area contributed by atoms with Gasteiger partial charge in [-0.05, 0) is 87.5 Å². The van der Waals surface area contributed by atoms with Crippen LogP contribution < -0.4 is 0 Å². The lowest BCUT2D eigenvalue weighted by Crippen LogP contribution is -2.36. The van der Waals surface area contributed by atoms with Crippen LogP contribution in [-0.4, -0.2) is 74.5 Å². The summed E-state index contributed by atoms with van der Waals surface area (Å²) in [5.74, 6) is -4.77. The summed E-state index contributed by atoms with van der Waals surface area (Å²) in [6.07, 6.45) is 4.44. The molecule has 4 amide bonds. The van der Waals surface area contributed by atoms with Crippen molar-refractivity contribution in [3.8, 4) is 0 Å². The van der Waals surface area contributed by atoms with Crippen molar-refractivity contribution in [2.24, 2.45) is 23.7 Å². The number of carbonyl (C=O) groups excluding carboxylic acids is 5. The molecule has 0 bridgehead atoms. The number of hydrogen-bond donors (Lipinski definition) is 2. The fourth-order valence-electron chi connectivity index (χ4n) is 7.06. The number of carbonyl (C=O) groups is 7. The number of hydrogen-bond acceptors (Lipinski definition) is 7. The van der Waals surface area contributed by atoms with E-state index in [4.69, 9.17) is 0 Å². The molecular formula is C33H32N2O9. The van der Waals surface area contributed by atoms with E-state index >= 15 is 0 Å². The van der Waals surface area contributed by atoms with Gasteiger partial charge in [0.1, 0.15) is 0 Å². The molecule has 0 atom stereocenters. The molecule has 0 saturated heterocycles. The van der Waals surface area contributed by atoms with Crippen LogP contribution in [0, 0.1) is 23.7 Å². The van der Waals surface area contributed by atoms with Crippen molar-refractivity contribution in [1.29, 1.82) is 0 Å². The average Bonchev–Trinajstić information content (AvgIpc) is 3.40. The van der Waals surface area contributed by atoms with Crippen LogP contribution in [0.25, 0.3) is 0 Å².